The van der Waals surface area contributed by atoms with Crippen LogP contribution in [0.3, 0.4) is 0 Å². The van der Waals surface area contributed by atoms with Crippen molar-refractivity contribution in [2.75, 3.05) is 105 Å². The Bertz CT molecular complexity index is 1530. The summed E-state index contributed by atoms with van der Waals surface area (Å²) in [6.07, 6.45) is 38.5. The second kappa shape index (κ2) is 51.3. The number of ether oxygens (including phenoxy) is 2. The topological polar surface area (TPSA) is 222 Å². The van der Waals surface area contributed by atoms with Gasteiger partial charge >= 0.3 is 25.7 Å². The van der Waals surface area contributed by atoms with Gasteiger partial charge in [0.1, 0.15) is 19.2 Å². The number of rotatable bonds is 51. The first kappa shape index (κ1) is 72.2. The van der Waals surface area contributed by atoms with Crippen molar-refractivity contribution < 1.29 is 61.9 Å². The maximum absolute atomic E-state index is 13.1. The van der Waals surface area contributed by atoms with Gasteiger partial charge in [-0.05, 0) is 12.8 Å². The fourth-order valence-corrected chi connectivity index (χ4v) is 10.3. The normalized spacial score (nSPS) is 15.7. The Labute approximate surface area is 466 Å². The number of hydrogen-bond acceptors (Lipinski definition) is 15. The van der Waals surface area contributed by atoms with Crippen LogP contribution in [0.4, 0.5) is 0 Å². The first-order chi connectivity index (χ1) is 37.4. The van der Waals surface area contributed by atoms with E-state index in [0.717, 1.165) is 51.1 Å². The summed E-state index contributed by atoms with van der Waals surface area (Å²) in [5.41, 5.74) is 0. The number of esters is 2. The highest BCUT2D eigenvalue weighted by atomic mass is 31.2. The van der Waals surface area contributed by atoms with Crippen LogP contribution in [0.15, 0.2) is 0 Å². The Kier molecular flexibility index (Phi) is 48.1. The average molecular weight is 1120 g/mol. The van der Waals surface area contributed by atoms with Gasteiger partial charge in [-0.2, -0.15) is 0 Å². The Morgan fingerprint density at radius 3 is 1.22 bits per heavy atom. The number of aldehydes is 2. The van der Waals surface area contributed by atoms with Crippen molar-refractivity contribution in [1.29, 1.82) is 0 Å². The molecular formula is C58H110N5O13P. The standard InChI is InChI=1S/C58H110N5O13P/c1-3-5-7-9-11-13-15-17-19-21-23-25-27-29-31-33-35-58(70)76-54(52-73-57(69)34-32-30-28-26-24-22-20-18-16-14-12-10-8-6-4-2)53-75-77(71,72)74-49-36-59-55(66)50-62-41-39-60(45-47-64)37-38-61(46-48-65)40-42-63(44-43-62)51-56(67)68/h47-48,54H,3-46,49-53H2,1-2H3,(H,59,66)(H,67,68)(H,71,72)/t54-/m0/s1. The molecule has 0 spiro atoms. The van der Waals surface area contributed by atoms with E-state index < -0.39 is 44.3 Å². The van der Waals surface area contributed by atoms with Crippen molar-refractivity contribution in [2.45, 2.75) is 232 Å². The van der Waals surface area contributed by atoms with Gasteiger partial charge in [-0.1, -0.05) is 200 Å². The lowest BCUT2D eigenvalue weighted by Gasteiger charge is -2.32. The fourth-order valence-electron chi connectivity index (χ4n) is 9.56. The van der Waals surface area contributed by atoms with Gasteiger partial charge < -0.3 is 34.4 Å². The molecule has 450 valence electrons. The van der Waals surface area contributed by atoms with Gasteiger partial charge in [0.2, 0.25) is 5.91 Å². The van der Waals surface area contributed by atoms with E-state index in [1.54, 1.807) is 4.90 Å². The number of phosphoric acid groups is 1. The molecule has 0 aromatic heterocycles. The van der Waals surface area contributed by atoms with Crippen LogP contribution in [-0.4, -0.2) is 177 Å². The lowest BCUT2D eigenvalue weighted by molar-refractivity contribution is -0.161. The van der Waals surface area contributed by atoms with E-state index in [-0.39, 0.29) is 58.8 Å². The summed E-state index contributed by atoms with van der Waals surface area (Å²) >= 11 is 0. The molecule has 1 amide bonds. The van der Waals surface area contributed by atoms with Crippen LogP contribution in [0.2, 0.25) is 0 Å². The Morgan fingerprint density at radius 2 is 0.844 bits per heavy atom. The predicted molar refractivity (Wildman–Crippen MR) is 305 cm³/mol. The minimum atomic E-state index is -4.71. The molecule has 0 aromatic rings. The largest absolute Gasteiger partial charge is 0.480 e. The molecule has 1 heterocycles. The van der Waals surface area contributed by atoms with Crippen molar-refractivity contribution in [1.82, 2.24) is 24.9 Å². The maximum atomic E-state index is 13.1. The predicted octanol–water partition coefficient (Wildman–Crippen LogP) is 10.3. The number of phosphoric ester groups is 1. The van der Waals surface area contributed by atoms with Crippen molar-refractivity contribution in [3.05, 3.63) is 0 Å². The van der Waals surface area contributed by atoms with E-state index >= 15 is 0 Å². The molecule has 1 unspecified atom stereocenters. The van der Waals surface area contributed by atoms with Crippen LogP contribution >= 0.6 is 7.82 Å². The zero-order chi connectivity index (χ0) is 56.3. The molecule has 19 heteroatoms. The third-order valence-corrected chi connectivity index (χ3v) is 15.4. The summed E-state index contributed by atoms with van der Waals surface area (Å²) in [6, 6.07) is 0. The van der Waals surface area contributed by atoms with Gasteiger partial charge in [-0.25, -0.2) is 4.57 Å². The Balaban J connectivity index is 2.61. The molecule has 1 rings (SSSR count). The molecule has 0 aliphatic carbocycles. The van der Waals surface area contributed by atoms with E-state index in [1.165, 1.54) is 148 Å². The molecule has 1 fully saturated rings. The minimum Gasteiger partial charge on any atom is -0.480 e. The second-order valence-corrected chi connectivity index (χ2v) is 22.8. The fraction of sp³-hybridized carbons (Fsp3) is 0.897. The van der Waals surface area contributed by atoms with E-state index in [0.29, 0.717) is 65.2 Å². The molecule has 1 saturated heterocycles. The van der Waals surface area contributed by atoms with Crippen LogP contribution in [-0.2, 0) is 51.9 Å². The number of nitrogens with one attached hydrogen (secondary N) is 1. The average Bonchev–Trinajstić information content (AvgIpc) is 3.40. The lowest BCUT2D eigenvalue weighted by Crippen LogP contribution is -2.49. The van der Waals surface area contributed by atoms with Crippen molar-refractivity contribution in [2.24, 2.45) is 0 Å². The van der Waals surface area contributed by atoms with Gasteiger partial charge in [0.15, 0.2) is 6.10 Å². The van der Waals surface area contributed by atoms with Crippen LogP contribution in [0.1, 0.15) is 226 Å². The molecule has 1 aliphatic rings. The van der Waals surface area contributed by atoms with Gasteiger partial charge in [0.25, 0.3) is 0 Å². The summed E-state index contributed by atoms with van der Waals surface area (Å²) < 4.78 is 34.5. The number of carboxylic acids is 1. The third kappa shape index (κ3) is 46.6. The third-order valence-electron chi connectivity index (χ3n) is 14.4. The van der Waals surface area contributed by atoms with Crippen LogP contribution < -0.4 is 5.32 Å². The molecule has 0 aromatic carbocycles. The summed E-state index contributed by atoms with van der Waals surface area (Å²) in [6.45, 7) is 6.56. The van der Waals surface area contributed by atoms with Crippen LogP contribution in [0.25, 0.3) is 0 Å². The minimum absolute atomic E-state index is 0.0644. The number of nitrogens with zero attached hydrogens (tertiary/aromatic N) is 4. The number of amides is 1. The highest BCUT2D eigenvalue weighted by Crippen LogP contribution is 2.43. The van der Waals surface area contributed by atoms with Crippen LogP contribution in [0, 0.1) is 0 Å². The van der Waals surface area contributed by atoms with E-state index in [2.05, 4.69) is 19.2 Å². The molecule has 77 heavy (non-hydrogen) atoms. The summed E-state index contributed by atoms with van der Waals surface area (Å²) in [5, 5.41) is 12.2. The Hall–Kier alpha value is -2.83. The molecular weight excluding hydrogens is 1010 g/mol. The number of aliphatic carboxylic acids is 1. The van der Waals surface area contributed by atoms with Gasteiger partial charge in [-0.3, -0.25) is 47.8 Å². The second-order valence-electron chi connectivity index (χ2n) is 21.4. The lowest BCUT2D eigenvalue weighted by atomic mass is 10.0. The summed E-state index contributed by atoms with van der Waals surface area (Å²) in [5.74, 6) is -2.35. The molecule has 0 bridgehead atoms. The smallest absolute Gasteiger partial charge is 0.472 e. The van der Waals surface area contributed by atoms with Crippen molar-refractivity contribution in [3.8, 4) is 0 Å². The molecule has 0 radical (unpaired) electrons. The van der Waals surface area contributed by atoms with Crippen molar-refractivity contribution in [3.63, 3.8) is 0 Å². The quantitative estimate of drug-likeness (QED) is 0.0223. The van der Waals surface area contributed by atoms with Crippen molar-refractivity contribution >= 4 is 44.2 Å². The van der Waals surface area contributed by atoms with E-state index in [4.69, 9.17) is 18.5 Å². The highest BCUT2D eigenvalue weighted by molar-refractivity contribution is 7.47. The van der Waals surface area contributed by atoms with Crippen LogP contribution in [0.5, 0.6) is 0 Å². The zero-order valence-corrected chi connectivity index (χ0v) is 49.4. The number of unbranched alkanes of at least 4 members (excludes halogenated alkanes) is 29. The number of carbonyl (C=O) groups excluding carboxylic acids is 5. The molecule has 2 atom stereocenters. The SMILES string of the molecule is CCCCCCCCCCCCCCCCCCC(=O)O[C@@H](COC(=O)CCCCCCCCCCCCCCCCC)COP(=O)(O)OCCNC(=O)CN1CCN(CC=O)CCN(CC=O)CCN(CC(=O)O)CC1. The molecule has 0 saturated carbocycles. The molecule has 18 nitrogen and oxygen atoms in total. The van der Waals surface area contributed by atoms with Gasteiger partial charge in [0, 0.05) is 71.7 Å². The van der Waals surface area contributed by atoms with Gasteiger partial charge in [0.05, 0.1) is 39.4 Å². The number of carboxylic acid groups (broad SMARTS) is 1. The first-order valence-electron chi connectivity index (χ1n) is 30.6. The summed E-state index contributed by atoms with van der Waals surface area (Å²) in [7, 11) is -4.71. The molecule has 3 N–H and O–H groups in total. The number of carbonyl (C=O) groups is 6. The summed E-state index contributed by atoms with van der Waals surface area (Å²) in [4.78, 5) is 91.2. The number of hydrogen-bond donors (Lipinski definition) is 3. The van der Waals surface area contributed by atoms with E-state index in [9.17, 15) is 43.3 Å². The monoisotopic (exact) mass is 1120 g/mol. The maximum Gasteiger partial charge on any atom is 0.472 e. The molecule has 1 aliphatic heterocycles. The first-order valence-corrected chi connectivity index (χ1v) is 32.1. The highest BCUT2D eigenvalue weighted by Gasteiger charge is 2.27. The Morgan fingerprint density at radius 1 is 0.494 bits per heavy atom. The zero-order valence-electron chi connectivity index (χ0n) is 48.5. The van der Waals surface area contributed by atoms with E-state index in [1.807, 2.05) is 14.7 Å². The van der Waals surface area contributed by atoms with Gasteiger partial charge in [-0.15, -0.1) is 0 Å².